The SMILES string of the molecule is O=C([C@@H]1C[NH2+]C[C@]12CCCc1[nH+]c(CF)ccc12)N1CC[C@@H](c2ccccc2)C[C@H]1C1CCCCC1.[Cl-].[Cl-]. The number of carbonyl (C=O) groups excluding carboxylic acids is 1. The van der Waals surface area contributed by atoms with Gasteiger partial charge in [-0.25, -0.2) is 9.37 Å². The molecule has 4 aliphatic rings. The number of piperidine rings is 1. The van der Waals surface area contributed by atoms with Crippen molar-refractivity contribution in [2.45, 2.75) is 88.3 Å². The van der Waals surface area contributed by atoms with Crippen LogP contribution in [-0.2, 0) is 23.3 Å². The van der Waals surface area contributed by atoms with E-state index < -0.39 is 6.67 Å². The summed E-state index contributed by atoms with van der Waals surface area (Å²) in [5.41, 5.74) is 4.42. The van der Waals surface area contributed by atoms with E-state index in [4.69, 9.17) is 0 Å². The number of nitrogens with zero attached hydrogens (tertiary/aromatic N) is 1. The third-order valence-corrected chi connectivity index (χ3v) is 10.1. The average Bonchev–Trinajstić information content (AvgIpc) is 3.37. The van der Waals surface area contributed by atoms with Crippen LogP contribution < -0.4 is 35.1 Å². The van der Waals surface area contributed by atoms with Crippen molar-refractivity contribution >= 4 is 5.91 Å². The number of amides is 1. The topological polar surface area (TPSA) is 51.1 Å². The van der Waals surface area contributed by atoms with Crippen LogP contribution >= 0.6 is 0 Å². The molecule has 208 valence electrons. The quantitative estimate of drug-likeness (QED) is 0.466. The summed E-state index contributed by atoms with van der Waals surface area (Å²) in [6.07, 6.45) is 11.7. The van der Waals surface area contributed by atoms with E-state index in [-0.39, 0.29) is 36.1 Å². The highest BCUT2D eigenvalue weighted by Gasteiger charge is 2.56. The van der Waals surface area contributed by atoms with Crippen LogP contribution in [0.3, 0.4) is 0 Å². The van der Waals surface area contributed by atoms with Crippen molar-refractivity contribution in [3.8, 4) is 0 Å². The number of hydrogen-bond acceptors (Lipinski definition) is 1. The molecule has 4 atom stereocenters. The highest BCUT2D eigenvalue weighted by molar-refractivity contribution is 5.82. The summed E-state index contributed by atoms with van der Waals surface area (Å²) >= 11 is 0. The predicted octanol–water partition coefficient (Wildman–Crippen LogP) is -1.90. The average molecular weight is 563 g/mol. The summed E-state index contributed by atoms with van der Waals surface area (Å²) in [7, 11) is 0. The normalized spacial score (nSPS) is 29.3. The van der Waals surface area contributed by atoms with Crippen molar-refractivity contribution in [2.24, 2.45) is 11.8 Å². The second kappa shape index (κ2) is 12.7. The second-order valence-electron chi connectivity index (χ2n) is 11.9. The standard InChI is InChI=1S/C31H40FN3O.2ClH/c32-19-25-13-14-26-28(34-25)12-7-16-31(26)21-33-20-27(31)30(36)35-17-15-24(22-8-3-1-4-9-22)18-29(35)23-10-5-2-6-11-23;;/h1,3-4,8-9,13-14,23-24,27,29,33H,2,5-7,10-12,15-21H2;2*1H/t24-,27+,29+,31+;;/m1../s1. The molecule has 2 aromatic rings. The first-order chi connectivity index (χ1) is 17.7. The first-order valence-corrected chi connectivity index (χ1v) is 14.5. The maximum Gasteiger partial charge on any atom is 0.232 e. The monoisotopic (exact) mass is 561 g/mol. The molecule has 2 aliphatic heterocycles. The summed E-state index contributed by atoms with van der Waals surface area (Å²) < 4.78 is 13.4. The lowest BCUT2D eigenvalue weighted by Crippen LogP contribution is -3.00. The highest BCUT2D eigenvalue weighted by atomic mass is 35.5. The van der Waals surface area contributed by atoms with E-state index >= 15 is 0 Å². The maximum atomic E-state index is 14.5. The Kier molecular flexibility index (Phi) is 9.76. The Hall–Kier alpha value is -1.69. The van der Waals surface area contributed by atoms with Crippen molar-refractivity contribution in [1.29, 1.82) is 0 Å². The summed E-state index contributed by atoms with van der Waals surface area (Å²) in [5.74, 6) is 1.60. The number of aromatic amines is 1. The summed E-state index contributed by atoms with van der Waals surface area (Å²) in [4.78, 5) is 20.3. The van der Waals surface area contributed by atoms with E-state index in [2.05, 4.69) is 51.6 Å². The van der Waals surface area contributed by atoms with Gasteiger partial charge in [-0.3, -0.25) is 4.79 Å². The van der Waals surface area contributed by atoms with Crippen LogP contribution in [0.15, 0.2) is 42.5 Å². The first-order valence-electron chi connectivity index (χ1n) is 14.5. The Balaban J connectivity index is 0.00000168. The number of quaternary nitrogens is 1. The van der Waals surface area contributed by atoms with Gasteiger partial charge in [0, 0.05) is 30.6 Å². The second-order valence-corrected chi connectivity index (χ2v) is 11.9. The predicted molar refractivity (Wildman–Crippen MR) is 138 cm³/mol. The van der Waals surface area contributed by atoms with Crippen LogP contribution in [0.1, 0.15) is 86.2 Å². The van der Waals surface area contributed by atoms with E-state index in [1.54, 1.807) is 0 Å². The zero-order valence-electron chi connectivity index (χ0n) is 22.3. The Morgan fingerprint density at radius 2 is 1.82 bits per heavy atom. The lowest BCUT2D eigenvalue weighted by molar-refractivity contribution is -0.640. The zero-order chi connectivity index (χ0) is 24.5. The van der Waals surface area contributed by atoms with Gasteiger partial charge in [0.05, 0.1) is 18.5 Å². The fraction of sp³-hybridized carbons (Fsp3) is 0.613. The van der Waals surface area contributed by atoms with E-state index in [0.29, 0.717) is 29.5 Å². The molecule has 3 N–H and O–H groups in total. The van der Waals surface area contributed by atoms with Crippen LogP contribution in [0.25, 0.3) is 0 Å². The summed E-state index contributed by atoms with van der Waals surface area (Å²) in [6, 6.07) is 15.4. The lowest BCUT2D eigenvalue weighted by Gasteiger charge is -2.47. The van der Waals surface area contributed by atoms with Gasteiger partial charge in [0.25, 0.3) is 0 Å². The molecule has 0 bridgehead atoms. The van der Waals surface area contributed by atoms with E-state index in [1.807, 2.05) is 6.07 Å². The number of aryl methyl sites for hydroxylation is 1. The number of benzene rings is 1. The molecule has 3 heterocycles. The van der Waals surface area contributed by atoms with E-state index in [1.165, 1.54) is 43.2 Å². The molecule has 38 heavy (non-hydrogen) atoms. The van der Waals surface area contributed by atoms with Gasteiger partial charge in [0.15, 0.2) is 12.4 Å². The molecule has 1 saturated carbocycles. The molecule has 2 aliphatic carbocycles. The molecule has 6 rings (SSSR count). The third kappa shape index (κ3) is 5.36. The number of likely N-dealkylation sites (tertiary alicyclic amines) is 1. The molecule has 7 heteroatoms. The van der Waals surface area contributed by atoms with Gasteiger partial charge in [-0.2, -0.15) is 0 Å². The van der Waals surface area contributed by atoms with Crippen molar-refractivity contribution in [3.63, 3.8) is 0 Å². The fourth-order valence-corrected chi connectivity index (χ4v) is 8.30. The van der Waals surface area contributed by atoms with Crippen molar-refractivity contribution < 1.29 is 44.3 Å². The molecule has 1 aromatic carbocycles. The van der Waals surface area contributed by atoms with Crippen LogP contribution in [0.4, 0.5) is 4.39 Å². The fourth-order valence-electron chi connectivity index (χ4n) is 8.30. The molecule has 0 unspecified atom stereocenters. The van der Waals surface area contributed by atoms with Crippen molar-refractivity contribution in [1.82, 2.24) is 4.90 Å². The molecule has 1 spiro atoms. The summed E-state index contributed by atoms with van der Waals surface area (Å²) in [5, 5.41) is 2.37. The van der Waals surface area contributed by atoms with E-state index in [0.717, 1.165) is 57.4 Å². The number of fused-ring (bicyclic) bond motifs is 2. The number of halogens is 3. The number of pyridine rings is 1. The lowest BCUT2D eigenvalue weighted by atomic mass is 9.64. The van der Waals surface area contributed by atoms with E-state index in [9.17, 15) is 9.18 Å². The molecule has 3 fully saturated rings. The molecule has 1 aromatic heterocycles. The first kappa shape index (κ1) is 29.3. The number of nitrogens with one attached hydrogen (secondary N) is 1. The molecule has 1 amide bonds. The Bertz CT molecular complexity index is 1080. The van der Waals surface area contributed by atoms with Gasteiger partial charge >= 0.3 is 0 Å². The largest absolute Gasteiger partial charge is 1.00 e. The van der Waals surface area contributed by atoms with Crippen LogP contribution in [0, 0.1) is 11.8 Å². The number of carbonyl (C=O) groups is 1. The zero-order valence-corrected chi connectivity index (χ0v) is 23.8. The van der Waals surface area contributed by atoms with Gasteiger partial charge in [-0.15, -0.1) is 0 Å². The Morgan fingerprint density at radius 3 is 2.58 bits per heavy atom. The van der Waals surface area contributed by atoms with Gasteiger partial charge in [-0.05, 0) is 62.0 Å². The minimum atomic E-state index is -0.464. The minimum Gasteiger partial charge on any atom is -1.00 e. The number of hydrogen-bond donors (Lipinski definition) is 1. The van der Waals surface area contributed by atoms with Crippen molar-refractivity contribution in [2.75, 3.05) is 19.6 Å². The maximum absolute atomic E-state index is 14.5. The van der Waals surface area contributed by atoms with Gasteiger partial charge < -0.3 is 35.0 Å². The Morgan fingerprint density at radius 1 is 1.03 bits per heavy atom. The Labute approximate surface area is 239 Å². The van der Waals surface area contributed by atoms with Crippen LogP contribution in [-0.4, -0.2) is 36.5 Å². The van der Waals surface area contributed by atoms with Gasteiger partial charge in [0.2, 0.25) is 11.6 Å². The minimum absolute atomic E-state index is 0. The number of alkyl halides is 1. The molecular formula is C31H42Cl2FN3O. The molecule has 4 nitrogen and oxygen atoms in total. The smallest absolute Gasteiger partial charge is 0.232 e. The highest BCUT2D eigenvalue weighted by Crippen LogP contribution is 2.45. The third-order valence-electron chi connectivity index (χ3n) is 10.1. The number of rotatable bonds is 4. The number of nitrogens with two attached hydrogens (primary N) is 1. The summed E-state index contributed by atoms with van der Waals surface area (Å²) in [6.45, 7) is 2.26. The van der Waals surface area contributed by atoms with Crippen LogP contribution in [0.5, 0.6) is 0 Å². The molecule has 2 saturated heterocycles. The van der Waals surface area contributed by atoms with Gasteiger partial charge in [0.1, 0.15) is 5.92 Å². The number of H-pyrrole nitrogens is 1. The van der Waals surface area contributed by atoms with Gasteiger partial charge in [-0.1, -0.05) is 49.6 Å². The van der Waals surface area contributed by atoms with Crippen LogP contribution in [0.2, 0.25) is 0 Å². The number of aromatic nitrogens is 1. The molecule has 0 radical (unpaired) electrons. The molecular weight excluding hydrogens is 520 g/mol. The van der Waals surface area contributed by atoms with Crippen molar-refractivity contribution in [3.05, 3.63) is 65.0 Å².